The van der Waals surface area contributed by atoms with Crippen molar-refractivity contribution in [2.45, 2.75) is 6.92 Å². The Morgan fingerprint density at radius 1 is 1.08 bits per heavy atom. The Labute approximate surface area is 150 Å². The zero-order valence-corrected chi connectivity index (χ0v) is 14.9. The van der Waals surface area contributed by atoms with Gasteiger partial charge in [-0.05, 0) is 36.8 Å². The first-order valence-electron chi connectivity index (χ1n) is 7.61. The van der Waals surface area contributed by atoms with Crippen molar-refractivity contribution in [3.05, 3.63) is 59.5 Å². The highest BCUT2D eigenvalue weighted by molar-refractivity contribution is 6.50. The van der Waals surface area contributed by atoms with E-state index in [-0.39, 0.29) is 5.89 Å². The minimum atomic E-state index is 0.257. The molecule has 1 heterocycles. The van der Waals surface area contributed by atoms with Crippen LogP contribution in [0.3, 0.4) is 0 Å². The van der Waals surface area contributed by atoms with E-state index in [2.05, 4.69) is 10.1 Å². The van der Waals surface area contributed by atoms with Gasteiger partial charge in [0.25, 0.3) is 5.89 Å². The molecule has 0 saturated carbocycles. The van der Waals surface area contributed by atoms with Crippen LogP contribution < -0.4 is 9.47 Å². The average Bonchev–Trinajstić information content (AvgIpc) is 3.11. The van der Waals surface area contributed by atoms with Gasteiger partial charge in [0.05, 0.1) is 14.2 Å². The summed E-state index contributed by atoms with van der Waals surface area (Å²) in [7, 11) is 3.16. The number of aryl methyl sites for hydroxylation is 1. The van der Waals surface area contributed by atoms with Crippen molar-refractivity contribution in [3.63, 3.8) is 0 Å². The molecule has 25 heavy (non-hydrogen) atoms. The Bertz CT molecular complexity index is 919. The Morgan fingerprint density at radius 2 is 1.88 bits per heavy atom. The summed E-state index contributed by atoms with van der Waals surface area (Å²) < 4.78 is 15.8. The van der Waals surface area contributed by atoms with E-state index in [1.165, 1.54) is 0 Å². The van der Waals surface area contributed by atoms with Gasteiger partial charge < -0.3 is 14.0 Å². The maximum absolute atomic E-state index is 6.32. The monoisotopic (exact) mass is 356 g/mol. The predicted molar refractivity (Wildman–Crippen MR) is 97.7 cm³/mol. The number of ether oxygens (including phenoxy) is 2. The van der Waals surface area contributed by atoms with Crippen LogP contribution in [0.25, 0.3) is 22.5 Å². The lowest BCUT2D eigenvalue weighted by molar-refractivity contribution is 0.355. The van der Waals surface area contributed by atoms with E-state index in [0.717, 1.165) is 16.7 Å². The van der Waals surface area contributed by atoms with Crippen LogP contribution >= 0.6 is 11.6 Å². The van der Waals surface area contributed by atoms with Gasteiger partial charge in [-0.1, -0.05) is 46.6 Å². The third-order valence-corrected chi connectivity index (χ3v) is 3.88. The molecule has 0 spiro atoms. The first kappa shape index (κ1) is 17.0. The smallest absolute Gasteiger partial charge is 0.269 e. The van der Waals surface area contributed by atoms with Gasteiger partial charge in [-0.3, -0.25) is 0 Å². The number of hydrogen-bond acceptors (Lipinski definition) is 5. The van der Waals surface area contributed by atoms with Crippen molar-refractivity contribution < 1.29 is 14.0 Å². The summed E-state index contributed by atoms with van der Waals surface area (Å²) >= 11 is 6.32. The summed E-state index contributed by atoms with van der Waals surface area (Å²) in [5, 5.41) is 4.37. The van der Waals surface area contributed by atoms with Gasteiger partial charge >= 0.3 is 0 Å². The largest absolute Gasteiger partial charge is 0.493 e. The molecule has 0 aliphatic rings. The molecule has 128 valence electrons. The first-order chi connectivity index (χ1) is 12.1. The zero-order valence-electron chi connectivity index (χ0n) is 14.1. The van der Waals surface area contributed by atoms with Gasteiger partial charge in [0, 0.05) is 5.56 Å². The maximum atomic E-state index is 6.32. The third kappa shape index (κ3) is 3.83. The molecule has 3 aromatic rings. The fourth-order valence-corrected chi connectivity index (χ4v) is 2.58. The van der Waals surface area contributed by atoms with Gasteiger partial charge in [0.1, 0.15) is 5.03 Å². The molecular weight excluding hydrogens is 340 g/mol. The zero-order chi connectivity index (χ0) is 17.8. The highest BCUT2D eigenvalue weighted by atomic mass is 35.5. The van der Waals surface area contributed by atoms with Crippen molar-refractivity contribution in [1.29, 1.82) is 0 Å². The van der Waals surface area contributed by atoms with Crippen LogP contribution in [0.5, 0.6) is 11.5 Å². The normalized spacial score (nSPS) is 11.4. The number of rotatable bonds is 5. The fraction of sp³-hybridized carbons (Fsp3) is 0.158. The molecule has 0 unspecified atom stereocenters. The van der Waals surface area contributed by atoms with Crippen LogP contribution in [0, 0.1) is 6.92 Å². The van der Waals surface area contributed by atoms with E-state index < -0.39 is 0 Å². The minimum Gasteiger partial charge on any atom is -0.493 e. The van der Waals surface area contributed by atoms with E-state index >= 15 is 0 Å². The topological polar surface area (TPSA) is 57.4 Å². The molecule has 0 bridgehead atoms. The molecule has 0 atom stereocenters. The van der Waals surface area contributed by atoms with Crippen LogP contribution in [0.2, 0.25) is 0 Å². The molecular formula is C19H17ClN2O3. The molecule has 3 rings (SSSR count). The summed E-state index contributed by atoms with van der Waals surface area (Å²) in [4.78, 5) is 4.36. The second-order valence-electron chi connectivity index (χ2n) is 5.40. The van der Waals surface area contributed by atoms with Crippen molar-refractivity contribution in [3.8, 4) is 22.9 Å². The van der Waals surface area contributed by atoms with Crippen LogP contribution in [0.15, 0.2) is 47.0 Å². The Morgan fingerprint density at radius 3 is 2.60 bits per heavy atom. The molecule has 0 aliphatic heterocycles. The van der Waals surface area contributed by atoms with Crippen LogP contribution in [-0.4, -0.2) is 24.4 Å². The lowest BCUT2D eigenvalue weighted by Crippen LogP contribution is -1.91. The summed E-state index contributed by atoms with van der Waals surface area (Å²) in [6.45, 7) is 2.02. The van der Waals surface area contributed by atoms with E-state index in [0.29, 0.717) is 22.4 Å². The van der Waals surface area contributed by atoms with E-state index in [9.17, 15) is 0 Å². The molecule has 0 saturated heterocycles. The van der Waals surface area contributed by atoms with Crippen LogP contribution in [0.4, 0.5) is 0 Å². The van der Waals surface area contributed by atoms with Crippen LogP contribution in [0.1, 0.15) is 17.0 Å². The summed E-state index contributed by atoms with van der Waals surface area (Å²) in [6, 6.07) is 13.4. The molecule has 0 radical (unpaired) electrons. The predicted octanol–water partition coefficient (Wildman–Crippen LogP) is 4.80. The van der Waals surface area contributed by atoms with Gasteiger partial charge in [-0.25, -0.2) is 0 Å². The second kappa shape index (κ2) is 7.40. The molecule has 0 fully saturated rings. The SMILES string of the molecule is COc1ccc(-c2noc(/C(Cl)=C/c3cccc(C)c3)n2)cc1OC. The Balaban J connectivity index is 1.89. The summed E-state index contributed by atoms with van der Waals surface area (Å²) in [5.41, 5.74) is 2.86. The fourth-order valence-electron chi connectivity index (χ4n) is 2.38. The number of hydrogen-bond donors (Lipinski definition) is 0. The number of halogens is 1. The molecule has 0 amide bonds. The highest BCUT2D eigenvalue weighted by Crippen LogP contribution is 2.32. The highest BCUT2D eigenvalue weighted by Gasteiger charge is 2.14. The van der Waals surface area contributed by atoms with Crippen LogP contribution in [-0.2, 0) is 0 Å². The van der Waals surface area contributed by atoms with Crippen molar-refractivity contribution in [1.82, 2.24) is 10.1 Å². The number of aromatic nitrogens is 2. The number of methoxy groups -OCH3 is 2. The van der Waals surface area contributed by atoms with Crippen molar-refractivity contribution >= 4 is 22.7 Å². The van der Waals surface area contributed by atoms with Crippen molar-refractivity contribution in [2.24, 2.45) is 0 Å². The average molecular weight is 357 g/mol. The summed E-state index contributed by atoms with van der Waals surface area (Å²) in [6.07, 6.45) is 1.79. The number of nitrogens with zero attached hydrogens (tertiary/aromatic N) is 2. The van der Waals surface area contributed by atoms with Gasteiger partial charge in [0.15, 0.2) is 11.5 Å². The van der Waals surface area contributed by atoms with Crippen molar-refractivity contribution in [2.75, 3.05) is 14.2 Å². The standard InChI is InChI=1S/C19H17ClN2O3/c1-12-5-4-6-13(9-12)10-15(20)19-21-18(22-25-19)14-7-8-16(23-2)17(11-14)24-3/h4-11H,1-3H3/b15-10-. The van der Waals surface area contributed by atoms with Gasteiger partial charge in [0.2, 0.25) is 5.82 Å². The quantitative estimate of drug-likeness (QED) is 0.657. The van der Waals surface area contributed by atoms with Gasteiger partial charge in [-0.15, -0.1) is 0 Å². The third-order valence-electron chi connectivity index (χ3n) is 3.61. The molecule has 5 nitrogen and oxygen atoms in total. The maximum Gasteiger partial charge on any atom is 0.269 e. The van der Waals surface area contributed by atoms with Gasteiger partial charge in [-0.2, -0.15) is 4.98 Å². The first-order valence-corrected chi connectivity index (χ1v) is 7.99. The molecule has 2 aromatic carbocycles. The Hall–Kier alpha value is -2.79. The Kier molecular flexibility index (Phi) is 5.05. The molecule has 0 aliphatic carbocycles. The molecule has 6 heteroatoms. The lowest BCUT2D eigenvalue weighted by Gasteiger charge is -2.07. The molecule has 1 aromatic heterocycles. The number of benzene rings is 2. The summed E-state index contributed by atoms with van der Waals surface area (Å²) in [5.74, 6) is 1.90. The lowest BCUT2D eigenvalue weighted by atomic mass is 10.1. The second-order valence-corrected chi connectivity index (χ2v) is 5.81. The minimum absolute atomic E-state index is 0.257. The van der Waals surface area contributed by atoms with E-state index in [1.807, 2.05) is 37.3 Å². The molecule has 0 N–H and O–H groups in total. The van der Waals surface area contributed by atoms with E-state index in [1.54, 1.807) is 32.4 Å². The van der Waals surface area contributed by atoms with E-state index in [4.69, 9.17) is 25.6 Å².